The standard InChI is InChI=1S/C17H21N3O5S/c1-18(2)20(12-8-10-26(24,25)11-12)15(21)7-9-19-16(22)13-5-3-4-6-14(13)17(19)23/h3-6,12H,7-11H2,1-2H3. The van der Waals surface area contributed by atoms with Crippen LogP contribution in [-0.4, -0.2) is 79.2 Å². The van der Waals surface area contributed by atoms with Gasteiger partial charge >= 0.3 is 0 Å². The summed E-state index contributed by atoms with van der Waals surface area (Å²) in [6.45, 7) is -0.0327. The fourth-order valence-corrected chi connectivity index (χ4v) is 5.18. The molecule has 1 aromatic carbocycles. The van der Waals surface area contributed by atoms with Gasteiger partial charge in [0.1, 0.15) is 0 Å². The van der Waals surface area contributed by atoms with Crippen LogP contribution in [0.4, 0.5) is 0 Å². The molecule has 0 aliphatic carbocycles. The van der Waals surface area contributed by atoms with Crippen LogP contribution in [-0.2, 0) is 14.6 Å². The molecular weight excluding hydrogens is 358 g/mol. The summed E-state index contributed by atoms with van der Waals surface area (Å²) >= 11 is 0. The Morgan fingerprint density at radius 2 is 1.73 bits per heavy atom. The Hall–Kier alpha value is -2.26. The fraction of sp³-hybridized carbons (Fsp3) is 0.471. The third kappa shape index (κ3) is 3.36. The van der Waals surface area contributed by atoms with Gasteiger partial charge in [0.2, 0.25) is 5.91 Å². The van der Waals surface area contributed by atoms with Crippen molar-refractivity contribution in [3.05, 3.63) is 35.4 Å². The first-order chi connectivity index (χ1) is 12.2. The lowest BCUT2D eigenvalue weighted by molar-refractivity contribution is -0.149. The highest BCUT2D eigenvalue weighted by molar-refractivity contribution is 7.91. The van der Waals surface area contributed by atoms with E-state index in [2.05, 4.69) is 0 Å². The number of hydrogen-bond acceptors (Lipinski definition) is 6. The van der Waals surface area contributed by atoms with E-state index in [0.29, 0.717) is 17.5 Å². The first-order valence-corrected chi connectivity index (χ1v) is 10.2. The summed E-state index contributed by atoms with van der Waals surface area (Å²) < 4.78 is 23.4. The number of hydrogen-bond donors (Lipinski definition) is 0. The number of rotatable bonds is 5. The monoisotopic (exact) mass is 379 g/mol. The van der Waals surface area contributed by atoms with E-state index in [1.807, 2.05) is 0 Å². The molecule has 2 heterocycles. The predicted octanol–water partition coefficient (Wildman–Crippen LogP) is 0.165. The molecule has 1 saturated heterocycles. The summed E-state index contributed by atoms with van der Waals surface area (Å²) in [5.74, 6) is -1.12. The number of imide groups is 1. The highest BCUT2D eigenvalue weighted by Crippen LogP contribution is 2.23. The topological polar surface area (TPSA) is 95.1 Å². The van der Waals surface area contributed by atoms with Crippen molar-refractivity contribution in [3.8, 4) is 0 Å². The third-order valence-electron chi connectivity index (χ3n) is 4.67. The lowest BCUT2D eigenvalue weighted by Crippen LogP contribution is -2.50. The molecule has 8 nitrogen and oxygen atoms in total. The van der Waals surface area contributed by atoms with Crippen molar-refractivity contribution in [1.82, 2.24) is 14.9 Å². The smallest absolute Gasteiger partial charge is 0.261 e. The van der Waals surface area contributed by atoms with Crippen LogP contribution in [0.1, 0.15) is 33.6 Å². The minimum Gasteiger partial charge on any atom is -0.274 e. The van der Waals surface area contributed by atoms with Gasteiger partial charge in [0.25, 0.3) is 11.8 Å². The second-order valence-corrected chi connectivity index (χ2v) is 8.93. The molecule has 26 heavy (non-hydrogen) atoms. The van der Waals surface area contributed by atoms with E-state index in [0.717, 1.165) is 4.90 Å². The lowest BCUT2D eigenvalue weighted by Gasteiger charge is -2.34. The second-order valence-electron chi connectivity index (χ2n) is 6.70. The van der Waals surface area contributed by atoms with Gasteiger partial charge in [-0.3, -0.25) is 24.3 Å². The summed E-state index contributed by atoms with van der Waals surface area (Å²) in [5.41, 5.74) is 0.688. The van der Waals surface area contributed by atoms with Crippen LogP contribution in [0.15, 0.2) is 24.3 Å². The van der Waals surface area contributed by atoms with E-state index < -0.39 is 27.7 Å². The van der Waals surface area contributed by atoms with Gasteiger partial charge in [-0.15, -0.1) is 0 Å². The van der Waals surface area contributed by atoms with Crippen LogP contribution < -0.4 is 0 Å². The molecule has 1 aromatic rings. The van der Waals surface area contributed by atoms with Crippen LogP contribution in [0.3, 0.4) is 0 Å². The van der Waals surface area contributed by atoms with E-state index >= 15 is 0 Å². The van der Waals surface area contributed by atoms with E-state index in [9.17, 15) is 22.8 Å². The van der Waals surface area contributed by atoms with Gasteiger partial charge in [0.15, 0.2) is 9.84 Å². The molecule has 3 amide bonds. The number of carbonyl (C=O) groups is 3. The molecule has 0 N–H and O–H groups in total. The summed E-state index contributed by atoms with van der Waals surface area (Å²) in [4.78, 5) is 38.4. The minimum absolute atomic E-state index is 0.0327. The summed E-state index contributed by atoms with van der Waals surface area (Å²) in [5, 5.41) is 2.99. The molecule has 1 atom stereocenters. The fourth-order valence-electron chi connectivity index (χ4n) is 3.49. The molecule has 140 valence electrons. The number of sulfone groups is 1. The van der Waals surface area contributed by atoms with Gasteiger partial charge in [-0.1, -0.05) is 12.1 Å². The predicted molar refractivity (Wildman–Crippen MR) is 94.0 cm³/mol. The average Bonchev–Trinajstić information content (AvgIpc) is 3.04. The van der Waals surface area contributed by atoms with Crippen LogP contribution in [0.2, 0.25) is 0 Å². The van der Waals surface area contributed by atoms with E-state index in [1.165, 1.54) is 5.01 Å². The van der Waals surface area contributed by atoms with Gasteiger partial charge in [-0.25, -0.2) is 13.4 Å². The Labute approximate surface area is 152 Å². The molecule has 9 heteroatoms. The SMILES string of the molecule is CN(C)N(C(=O)CCN1C(=O)c2ccccc2C1=O)C1CCS(=O)(=O)C1. The normalized spacial score (nSPS) is 21.3. The first kappa shape index (κ1) is 18.5. The highest BCUT2D eigenvalue weighted by atomic mass is 32.2. The zero-order valence-corrected chi connectivity index (χ0v) is 15.5. The van der Waals surface area contributed by atoms with Crippen molar-refractivity contribution >= 4 is 27.6 Å². The maximum absolute atomic E-state index is 12.7. The van der Waals surface area contributed by atoms with Crippen molar-refractivity contribution in [3.63, 3.8) is 0 Å². The molecule has 0 aromatic heterocycles. The number of benzene rings is 1. The van der Waals surface area contributed by atoms with Gasteiger partial charge in [-0.2, -0.15) is 0 Å². The molecule has 0 spiro atoms. The lowest BCUT2D eigenvalue weighted by atomic mass is 10.1. The molecule has 1 fully saturated rings. The van der Waals surface area contributed by atoms with Crippen LogP contribution in [0.25, 0.3) is 0 Å². The quantitative estimate of drug-likeness (QED) is 0.534. The molecule has 2 aliphatic rings. The molecule has 1 unspecified atom stereocenters. The zero-order chi connectivity index (χ0) is 19.1. The number of carbonyl (C=O) groups excluding carboxylic acids is 3. The second kappa shape index (κ2) is 6.81. The molecule has 0 saturated carbocycles. The van der Waals surface area contributed by atoms with Crippen LogP contribution in [0, 0.1) is 0 Å². The highest BCUT2D eigenvalue weighted by Gasteiger charge is 2.38. The maximum Gasteiger partial charge on any atom is 0.261 e. The minimum atomic E-state index is -3.13. The largest absolute Gasteiger partial charge is 0.274 e. The maximum atomic E-state index is 12.7. The van der Waals surface area contributed by atoms with Gasteiger partial charge in [0, 0.05) is 27.1 Å². The first-order valence-electron chi connectivity index (χ1n) is 8.36. The number of amides is 3. The summed E-state index contributed by atoms with van der Waals surface area (Å²) in [7, 11) is 0.212. The Morgan fingerprint density at radius 3 is 2.19 bits per heavy atom. The Morgan fingerprint density at radius 1 is 1.15 bits per heavy atom. The average molecular weight is 379 g/mol. The van der Waals surface area contributed by atoms with Crippen molar-refractivity contribution in [2.45, 2.75) is 18.9 Å². The van der Waals surface area contributed by atoms with Gasteiger partial charge in [-0.05, 0) is 18.6 Å². The summed E-state index contributed by atoms with van der Waals surface area (Å²) in [6, 6.07) is 6.14. The van der Waals surface area contributed by atoms with E-state index in [-0.39, 0.29) is 30.4 Å². The number of fused-ring (bicyclic) bond motifs is 1. The van der Waals surface area contributed by atoms with Gasteiger partial charge in [0.05, 0.1) is 28.7 Å². The van der Waals surface area contributed by atoms with Crippen molar-refractivity contribution in [2.75, 3.05) is 32.1 Å². The van der Waals surface area contributed by atoms with Crippen LogP contribution in [0.5, 0.6) is 0 Å². The zero-order valence-electron chi connectivity index (χ0n) is 14.7. The van der Waals surface area contributed by atoms with E-state index in [4.69, 9.17) is 0 Å². The molecule has 2 aliphatic heterocycles. The number of nitrogens with zero attached hydrogens (tertiary/aromatic N) is 3. The summed E-state index contributed by atoms with van der Waals surface area (Å²) in [6.07, 6.45) is 0.333. The Bertz CT molecular complexity index is 830. The van der Waals surface area contributed by atoms with Crippen molar-refractivity contribution in [1.29, 1.82) is 0 Å². The van der Waals surface area contributed by atoms with Crippen molar-refractivity contribution in [2.24, 2.45) is 0 Å². The van der Waals surface area contributed by atoms with Gasteiger partial charge < -0.3 is 0 Å². The molecule has 0 radical (unpaired) electrons. The van der Waals surface area contributed by atoms with Crippen molar-refractivity contribution < 1.29 is 22.8 Å². The van der Waals surface area contributed by atoms with Crippen LogP contribution >= 0.6 is 0 Å². The Kier molecular flexibility index (Phi) is 4.85. The van der Waals surface area contributed by atoms with E-state index in [1.54, 1.807) is 43.4 Å². The molecule has 0 bridgehead atoms. The number of hydrazine groups is 1. The molecular formula is C17H21N3O5S. The third-order valence-corrected chi connectivity index (χ3v) is 6.42. The Balaban J connectivity index is 1.68. The molecule has 3 rings (SSSR count).